The Bertz CT molecular complexity index is 341. The molecular weight excluding hydrogens is 234 g/mol. The lowest BCUT2D eigenvalue weighted by Crippen LogP contribution is -2.15. The lowest BCUT2D eigenvalue weighted by atomic mass is 10.1. The smallest absolute Gasteiger partial charge is 0.0717 e. The Labute approximate surface area is 117 Å². The molecule has 0 amide bonds. The van der Waals surface area contributed by atoms with Gasteiger partial charge in [-0.25, -0.2) is 0 Å². The zero-order valence-electron chi connectivity index (χ0n) is 12.2. The Kier molecular flexibility index (Phi) is 6.38. The highest BCUT2D eigenvalue weighted by Crippen LogP contribution is 2.24. The zero-order chi connectivity index (χ0) is 13.3. The normalized spacial score (nSPS) is 16.1. The van der Waals surface area contributed by atoms with Gasteiger partial charge < -0.3 is 10.1 Å². The monoisotopic (exact) mass is 261 g/mol. The number of hydrogen-bond donors (Lipinski definition) is 1. The van der Waals surface area contributed by atoms with Gasteiger partial charge in [-0.05, 0) is 49.4 Å². The highest BCUT2D eigenvalue weighted by molar-refractivity contribution is 5.22. The number of benzene rings is 1. The molecule has 2 nitrogen and oxygen atoms in total. The number of rotatable bonds is 8. The largest absolute Gasteiger partial charge is 0.376 e. The molecule has 1 N–H and O–H groups in total. The van der Waals surface area contributed by atoms with Gasteiger partial charge in [0.25, 0.3) is 0 Å². The first-order valence-corrected chi connectivity index (χ1v) is 7.74. The van der Waals surface area contributed by atoms with Crippen molar-refractivity contribution in [3.05, 3.63) is 35.4 Å². The first kappa shape index (κ1) is 14.5. The fourth-order valence-electron chi connectivity index (χ4n) is 2.73. The minimum Gasteiger partial charge on any atom is -0.376 e. The van der Waals surface area contributed by atoms with E-state index in [0.717, 1.165) is 38.6 Å². The highest BCUT2D eigenvalue weighted by Gasteiger charge is 2.14. The van der Waals surface area contributed by atoms with Crippen molar-refractivity contribution in [2.24, 2.45) is 5.92 Å². The van der Waals surface area contributed by atoms with E-state index < -0.39 is 0 Å². The first-order valence-electron chi connectivity index (χ1n) is 7.74. The molecule has 19 heavy (non-hydrogen) atoms. The standard InChI is InChI=1S/C17H27NO/c1-2-18-12-11-15-7-9-17(10-8-15)14-19-13-16-5-3-4-6-16/h7-10,16,18H,2-6,11-14H2,1H3. The van der Waals surface area contributed by atoms with E-state index in [-0.39, 0.29) is 0 Å². The average molecular weight is 261 g/mol. The van der Waals surface area contributed by atoms with Crippen LogP contribution in [0.1, 0.15) is 43.7 Å². The summed E-state index contributed by atoms with van der Waals surface area (Å²) in [6.45, 7) is 5.97. The molecule has 0 aromatic heterocycles. The van der Waals surface area contributed by atoms with Crippen molar-refractivity contribution in [1.82, 2.24) is 5.32 Å². The molecule has 106 valence electrons. The highest BCUT2D eigenvalue weighted by atomic mass is 16.5. The number of hydrogen-bond acceptors (Lipinski definition) is 2. The maximum atomic E-state index is 5.83. The van der Waals surface area contributed by atoms with Gasteiger partial charge in [0.2, 0.25) is 0 Å². The fourth-order valence-corrected chi connectivity index (χ4v) is 2.73. The molecule has 2 rings (SSSR count). The van der Waals surface area contributed by atoms with Crippen LogP contribution in [-0.4, -0.2) is 19.7 Å². The Balaban J connectivity index is 1.66. The summed E-state index contributed by atoms with van der Waals surface area (Å²) in [6, 6.07) is 8.86. The molecule has 1 aromatic carbocycles. The fraction of sp³-hybridized carbons (Fsp3) is 0.647. The molecule has 0 atom stereocenters. The van der Waals surface area contributed by atoms with Gasteiger partial charge in [-0.15, -0.1) is 0 Å². The summed E-state index contributed by atoms with van der Waals surface area (Å²) in [5, 5.41) is 3.35. The zero-order valence-corrected chi connectivity index (χ0v) is 12.2. The summed E-state index contributed by atoms with van der Waals surface area (Å²) in [7, 11) is 0. The molecular formula is C17H27NO. The maximum absolute atomic E-state index is 5.83. The summed E-state index contributed by atoms with van der Waals surface area (Å²) < 4.78 is 5.83. The van der Waals surface area contributed by atoms with Gasteiger partial charge in [-0.1, -0.05) is 44.0 Å². The van der Waals surface area contributed by atoms with Crippen molar-refractivity contribution >= 4 is 0 Å². The topological polar surface area (TPSA) is 21.3 Å². The van der Waals surface area contributed by atoms with Gasteiger partial charge in [0.15, 0.2) is 0 Å². The molecule has 0 saturated heterocycles. The summed E-state index contributed by atoms with van der Waals surface area (Å²) >= 11 is 0. The van der Waals surface area contributed by atoms with E-state index in [1.807, 2.05) is 0 Å². The Morgan fingerprint density at radius 1 is 1.11 bits per heavy atom. The second-order valence-corrected chi connectivity index (χ2v) is 5.59. The van der Waals surface area contributed by atoms with Crippen molar-refractivity contribution in [1.29, 1.82) is 0 Å². The molecule has 0 radical (unpaired) electrons. The molecule has 2 heteroatoms. The van der Waals surface area contributed by atoms with Crippen LogP contribution < -0.4 is 5.32 Å². The third-order valence-corrected chi connectivity index (χ3v) is 3.96. The molecule has 1 aliphatic carbocycles. The van der Waals surface area contributed by atoms with E-state index in [1.54, 1.807) is 0 Å². The van der Waals surface area contributed by atoms with Crippen molar-refractivity contribution in [2.75, 3.05) is 19.7 Å². The van der Waals surface area contributed by atoms with Gasteiger partial charge in [0.1, 0.15) is 0 Å². The summed E-state index contributed by atoms with van der Waals surface area (Å²) in [5.41, 5.74) is 2.70. The van der Waals surface area contributed by atoms with Crippen LogP contribution in [0, 0.1) is 5.92 Å². The van der Waals surface area contributed by atoms with Crippen molar-refractivity contribution in [3.63, 3.8) is 0 Å². The third-order valence-electron chi connectivity index (χ3n) is 3.96. The SMILES string of the molecule is CCNCCc1ccc(COCC2CCCC2)cc1. The summed E-state index contributed by atoms with van der Waals surface area (Å²) in [5.74, 6) is 0.819. The molecule has 0 bridgehead atoms. The van der Waals surface area contributed by atoms with Gasteiger partial charge in [0, 0.05) is 6.61 Å². The lowest BCUT2D eigenvalue weighted by molar-refractivity contribution is 0.0889. The minimum atomic E-state index is 0.768. The predicted octanol–water partition coefficient (Wildman–Crippen LogP) is 3.55. The summed E-state index contributed by atoms with van der Waals surface area (Å²) in [6.07, 6.45) is 6.63. The van der Waals surface area contributed by atoms with Crippen LogP contribution in [0.2, 0.25) is 0 Å². The van der Waals surface area contributed by atoms with Gasteiger partial charge >= 0.3 is 0 Å². The van der Waals surface area contributed by atoms with Crippen molar-refractivity contribution in [3.8, 4) is 0 Å². The molecule has 1 fully saturated rings. The minimum absolute atomic E-state index is 0.768. The van der Waals surface area contributed by atoms with Gasteiger partial charge in [-0.2, -0.15) is 0 Å². The van der Waals surface area contributed by atoms with Gasteiger partial charge in [-0.3, -0.25) is 0 Å². The van der Waals surface area contributed by atoms with Crippen LogP contribution in [0.3, 0.4) is 0 Å². The number of nitrogens with one attached hydrogen (secondary N) is 1. The quantitative estimate of drug-likeness (QED) is 0.723. The molecule has 0 unspecified atom stereocenters. The van der Waals surface area contributed by atoms with Crippen molar-refractivity contribution < 1.29 is 4.74 Å². The van der Waals surface area contributed by atoms with Crippen LogP contribution >= 0.6 is 0 Å². The molecule has 0 spiro atoms. The van der Waals surface area contributed by atoms with E-state index in [0.29, 0.717) is 0 Å². The van der Waals surface area contributed by atoms with Crippen molar-refractivity contribution in [2.45, 2.75) is 45.6 Å². The van der Waals surface area contributed by atoms with E-state index in [9.17, 15) is 0 Å². The third kappa shape index (κ3) is 5.33. The average Bonchev–Trinajstić information content (AvgIpc) is 2.94. The van der Waals surface area contributed by atoms with E-state index in [4.69, 9.17) is 4.74 Å². The Morgan fingerprint density at radius 2 is 1.79 bits per heavy atom. The van der Waals surface area contributed by atoms with Gasteiger partial charge in [0.05, 0.1) is 6.61 Å². The van der Waals surface area contributed by atoms with Crippen LogP contribution in [0.4, 0.5) is 0 Å². The van der Waals surface area contributed by atoms with Crippen LogP contribution in [0.15, 0.2) is 24.3 Å². The van der Waals surface area contributed by atoms with E-state index >= 15 is 0 Å². The number of ether oxygens (including phenoxy) is 1. The Morgan fingerprint density at radius 3 is 2.47 bits per heavy atom. The first-order chi connectivity index (χ1) is 9.38. The molecule has 1 saturated carbocycles. The molecule has 1 aromatic rings. The summed E-state index contributed by atoms with van der Waals surface area (Å²) in [4.78, 5) is 0. The predicted molar refractivity (Wildman–Crippen MR) is 80.3 cm³/mol. The molecule has 1 aliphatic rings. The van der Waals surface area contributed by atoms with Crippen LogP contribution in [0.5, 0.6) is 0 Å². The molecule has 0 aliphatic heterocycles. The second kappa shape index (κ2) is 8.34. The van der Waals surface area contributed by atoms with E-state index in [1.165, 1.54) is 36.8 Å². The molecule has 0 heterocycles. The Hall–Kier alpha value is -0.860. The second-order valence-electron chi connectivity index (χ2n) is 5.59. The number of likely N-dealkylation sites (N-methyl/N-ethyl adjacent to an activating group) is 1. The lowest BCUT2D eigenvalue weighted by Gasteiger charge is -2.10. The maximum Gasteiger partial charge on any atom is 0.0717 e. The van der Waals surface area contributed by atoms with Crippen LogP contribution in [-0.2, 0) is 17.8 Å². The van der Waals surface area contributed by atoms with E-state index in [2.05, 4.69) is 36.5 Å². The van der Waals surface area contributed by atoms with Crippen LogP contribution in [0.25, 0.3) is 0 Å².